The number of hydrogen-bond donors (Lipinski definition) is 0. The fraction of sp³-hybridized carbons (Fsp3) is 0.733. The van der Waals surface area contributed by atoms with E-state index in [9.17, 15) is 9.59 Å². The first-order valence-electron chi connectivity index (χ1n) is 6.78. The summed E-state index contributed by atoms with van der Waals surface area (Å²) in [6, 6.07) is 0. The zero-order valence-electron chi connectivity index (χ0n) is 11.7. The predicted octanol–water partition coefficient (Wildman–Crippen LogP) is 3.53. The van der Waals surface area contributed by atoms with Crippen molar-refractivity contribution in [3.63, 3.8) is 0 Å². The van der Waals surface area contributed by atoms with E-state index >= 15 is 0 Å². The van der Waals surface area contributed by atoms with Gasteiger partial charge < -0.3 is 4.74 Å². The number of hydrogen-bond acceptors (Lipinski definition) is 3. The molecule has 0 amide bonds. The number of Topliss-reactive ketones (excluding diaryl/α,β-unsaturated/α-hetero) is 1. The monoisotopic (exact) mass is 254 g/mol. The molecule has 0 aromatic carbocycles. The normalized spacial score (nSPS) is 22.2. The zero-order chi connectivity index (χ0) is 14.0. The second-order valence-corrected chi connectivity index (χ2v) is 4.65. The molecule has 0 aromatic rings. The number of esters is 1. The van der Waals surface area contributed by atoms with Crippen molar-refractivity contribution in [2.75, 3.05) is 7.11 Å². The highest BCUT2D eigenvalue weighted by Gasteiger charge is 2.35. The molecule has 0 heterocycles. The molecule has 2 atom stereocenters. The van der Waals surface area contributed by atoms with Crippen LogP contribution >= 0.6 is 0 Å². The van der Waals surface area contributed by atoms with Crippen molar-refractivity contribution >= 4 is 11.8 Å². The minimum absolute atomic E-state index is 0.116. The first-order valence-corrected chi connectivity index (χ1v) is 6.78. The molecule has 0 bridgehead atoms. The molecule has 1 aliphatic rings. The molecule has 18 heavy (non-hydrogen) atoms. The van der Waals surface area contributed by atoms with E-state index in [0.717, 1.165) is 19.3 Å². The van der Waals surface area contributed by atoms with Gasteiger partial charge in [0.1, 0.15) is 5.78 Å². The molecule has 3 heteroatoms. The standard InChI is InChI=1S/C13H22O3.C2H4/c1-3-4-5-6-11-10(7-8-12(11)14)9-13(15)16-2;1-2/h10-11H,3-9H2,1-2H3;1-2H2. The highest BCUT2D eigenvalue weighted by atomic mass is 16.5. The lowest BCUT2D eigenvalue weighted by molar-refractivity contribution is -0.142. The number of ketones is 1. The Labute approximate surface area is 111 Å². The molecular formula is C15H26O3. The van der Waals surface area contributed by atoms with Gasteiger partial charge in [-0.1, -0.05) is 26.2 Å². The quantitative estimate of drug-likeness (QED) is 0.414. The van der Waals surface area contributed by atoms with Crippen LogP contribution in [0.2, 0.25) is 0 Å². The lowest BCUT2D eigenvalue weighted by atomic mass is 9.88. The van der Waals surface area contributed by atoms with E-state index in [-0.39, 0.29) is 17.8 Å². The van der Waals surface area contributed by atoms with Crippen LogP contribution in [0.5, 0.6) is 0 Å². The van der Waals surface area contributed by atoms with E-state index in [1.807, 2.05) is 0 Å². The van der Waals surface area contributed by atoms with Crippen LogP contribution < -0.4 is 0 Å². The van der Waals surface area contributed by atoms with Crippen LogP contribution in [0.15, 0.2) is 13.2 Å². The molecule has 104 valence electrons. The van der Waals surface area contributed by atoms with E-state index < -0.39 is 0 Å². The number of ether oxygens (including phenoxy) is 1. The second kappa shape index (κ2) is 9.86. The van der Waals surface area contributed by atoms with Crippen molar-refractivity contribution in [1.82, 2.24) is 0 Å². The summed E-state index contributed by atoms with van der Waals surface area (Å²) in [5, 5.41) is 0. The van der Waals surface area contributed by atoms with E-state index in [2.05, 4.69) is 24.8 Å². The third-order valence-electron chi connectivity index (χ3n) is 3.52. The van der Waals surface area contributed by atoms with E-state index in [1.165, 1.54) is 20.0 Å². The fourth-order valence-corrected chi connectivity index (χ4v) is 2.53. The fourth-order valence-electron chi connectivity index (χ4n) is 2.53. The Kier molecular flexibility index (Phi) is 9.25. The van der Waals surface area contributed by atoms with Crippen LogP contribution in [0.25, 0.3) is 0 Å². The number of carbonyl (C=O) groups excluding carboxylic acids is 2. The second-order valence-electron chi connectivity index (χ2n) is 4.65. The molecular weight excluding hydrogens is 228 g/mol. The Morgan fingerprint density at radius 2 is 2.06 bits per heavy atom. The van der Waals surface area contributed by atoms with Crippen molar-refractivity contribution in [2.45, 2.75) is 51.9 Å². The van der Waals surface area contributed by atoms with Gasteiger partial charge in [0.15, 0.2) is 0 Å². The minimum Gasteiger partial charge on any atom is -0.469 e. The van der Waals surface area contributed by atoms with Gasteiger partial charge in [-0.3, -0.25) is 9.59 Å². The summed E-state index contributed by atoms with van der Waals surface area (Å²) in [5.41, 5.74) is 0. The third kappa shape index (κ3) is 5.48. The van der Waals surface area contributed by atoms with Gasteiger partial charge in [-0.25, -0.2) is 0 Å². The van der Waals surface area contributed by atoms with Crippen molar-refractivity contribution in [1.29, 1.82) is 0 Å². The van der Waals surface area contributed by atoms with E-state index in [4.69, 9.17) is 0 Å². The maximum absolute atomic E-state index is 11.7. The van der Waals surface area contributed by atoms with Crippen molar-refractivity contribution in [3.8, 4) is 0 Å². The van der Waals surface area contributed by atoms with Gasteiger partial charge in [-0.2, -0.15) is 0 Å². The van der Waals surface area contributed by atoms with Gasteiger partial charge in [-0.05, 0) is 18.8 Å². The molecule has 0 saturated heterocycles. The van der Waals surface area contributed by atoms with Crippen molar-refractivity contribution < 1.29 is 14.3 Å². The summed E-state index contributed by atoms with van der Waals surface area (Å²) in [7, 11) is 1.41. The van der Waals surface area contributed by atoms with Gasteiger partial charge in [0, 0.05) is 18.8 Å². The van der Waals surface area contributed by atoms with E-state index in [1.54, 1.807) is 0 Å². The summed E-state index contributed by atoms with van der Waals surface area (Å²) in [6.45, 7) is 8.16. The number of methoxy groups -OCH3 is 1. The summed E-state index contributed by atoms with van der Waals surface area (Å²) in [4.78, 5) is 22.9. The molecule has 0 N–H and O–H groups in total. The van der Waals surface area contributed by atoms with Crippen LogP contribution in [0.1, 0.15) is 51.9 Å². The molecule has 3 nitrogen and oxygen atoms in total. The molecule has 0 spiro atoms. The Morgan fingerprint density at radius 3 is 2.61 bits per heavy atom. The molecule has 2 unspecified atom stereocenters. The lowest BCUT2D eigenvalue weighted by Gasteiger charge is -2.16. The van der Waals surface area contributed by atoms with Crippen LogP contribution in [0.4, 0.5) is 0 Å². The molecule has 1 rings (SSSR count). The van der Waals surface area contributed by atoms with Crippen LogP contribution in [0, 0.1) is 11.8 Å². The summed E-state index contributed by atoms with van der Waals surface area (Å²) >= 11 is 0. The molecule has 1 fully saturated rings. The van der Waals surface area contributed by atoms with Crippen molar-refractivity contribution in [2.24, 2.45) is 11.8 Å². The molecule has 0 aliphatic heterocycles. The topological polar surface area (TPSA) is 43.4 Å². The summed E-state index contributed by atoms with van der Waals surface area (Å²) in [6.07, 6.45) is 6.33. The maximum Gasteiger partial charge on any atom is 0.305 e. The third-order valence-corrected chi connectivity index (χ3v) is 3.52. The highest BCUT2D eigenvalue weighted by molar-refractivity contribution is 5.84. The summed E-state index contributed by atoms with van der Waals surface area (Å²) in [5.74, 6) is 0.521. The van der Waals surface area contributed by atoms with Gasteiger partial charge in [0.2, 0.25) is 0 Å². The molecule has 1 aliphatic carbocycles. The SMILES string of the molecule is C=C.CCCCCC1C(=O)CCC1CC(=O)OC. The number of carbonyl (C=O) groups is 2. The highest BCUT2D eigenvalue weighted by Crippen LogP contribution is 2.35. The average Bonchev–Trinajstić information content (AvgIpc) is 2.74. The van der Waals surface area contributed by atoms with Gasteiger partial charge in [0.25, 0.3) is 0 Å². The van der Waals surface area contributed by atoms with Crippen LogP contribution in [-0.4, -0.2) is 18.9 Å². The first kappa shape index (κ1) is 16.9. The maximum atomic E-state index is 11.7. The first-order chi connectivity index (χ1) is 8.69. The smallest absolute Gasteiger partial charge is 0.305 e. The Hall–Kier alpha value is -1.12. The number of rotatable bonds is 6. The molecule has 0 aromatic heterocycles. The Morgan fingerprint density at radius 1 is 1.39 bits per heavy atom. The Bertz CT molecular complexity index is 260. The lowest BCUT2D eigenvalue weighted by Crippen LogP contribution is -2.18. The van der Waals surface area contributed by atoms with Gasteiger partial charge in [-0.15, -0.1) is 13.2 Å². The summed E-state index contributed by atoms with van der Waals surface area (Å²) < 4.78 is 4.67. The van der Waals surface area contributed by atoms with Crippen molar-refractivity contribution in [3.05, 3.63) is 13.2 Å². The predicted molar refractivity (Wildman–Crippen MR) is 73.3 cm³/mol. The van der Waals surface area contributed by atoms with Gasteiger partial charge >= 0.3 is 5.97 Å². The molecule has 1 saturated carbocycles. The number of unbranched alkanes of at least 4 members (excludes halogenated alkanes) is 2. The molecule has 0 radical (unpaired) electrons. The Balaban J connectivity index is 0.00000137. The van der Waals surface area contributed by atoms with Crippen LogP contribution in [-0.2, 0) is 14.3 Å². The average molecular weight is 254 g/mol. The minimum atomic E-state index is -0.180. The van der Waals surface area contributed by atoms with Gasteiger partial charge in [0.05, 0.1) is 7.11 Å². The van der Waals surface area contributed by atoms with Crippen LogP contribution in [0.3, 0.4) is 0 Å². The zero-order valence-corrected chi connectivity index (χ0v) is 11.7. The largest absolute Gasteiger partial charge is 0.469 e. The van der Waals surface area contributed by atoms with E-state index in [0.29, 0.717) is 18.6 Å².